The van der Waals surface area contributed by atoms with Crippen molar-refractivity contribution in [2.75, 3.05) is 13.6 Å². The molecule has 7 nitrogen and oxygen atoms in total. The highest BCUT2D eigenvalue weighted by atomic mass is 16.2. The van der Waals surface area contributed by atoms with Crippen LogP contribution >= 0.6 is 0 Å². The zero-order valence-electron chi connectivity index (χ0n) is 8.97. The summed E-state index contributed by atoms with van der Waals surface area (Å²) in [5.41, 5.74) is 0.247. The fourth-order valence-electron chi connectivity index (χ4n) is 1.34. The number of carbonyl (C=O) groups excluding carboxylic acids is 1. The predicted octanol–water partition coefficient (Wildman–Crippen LogP) is 0.0394. The van der Waals surface area contributed by atoms with Crippen molar-refractivity contribution in [1.29, 1.82) is 0 Å². The van der Waals surface area contributed by atoms with E-state index in [0.717, 1.165) is 4.57 Å². The smallest absolute Gasteiger partial charge is 0.327 e. The van der Waals surface area contributed by atoms with Crippen LogP contribution in [0.15, 0.2) is 17.3 Å². The lowest BCUT2D eigenvalue weighted by Gasteiger charge is -2.13. The van der Waals surface area contributed by atoms with E-state index in [4.69, 9.17) is 0 Å². The monoisotopic (exact) mass is 221 g/mol. The Labute approximate surface area is 90.7 Å². The van der Waals surface area contributed by atoms with E-state index in [1.165, 1.54) is 17.4 Å². The maximum absolute atomic E-state index is 11.9. The molecule has 0 fully saturated rings. The van der Waals surface area contributed by atoms with Gasteiger partial charge in [-0.2, -0.15) is 0 Å². The number of imidazole rings is 1. The molecule has 0 radical (unpaired) electrons. The number of aromatic amines is 1. The molecule has 2 rings (SSSR count). The zero-order valence-corrected chi connectivity index (χ0v) is 8.97. The second kappa shape index (κ2) is 3.76. The summed E-state index contributed by atoms with van der Waals surface area (Å²) in [6, 6.07) is -0.395. The van der Waals surface area contributed by atoms with Crippen molar-refractivity contribution in [2.45, 2.75) is 6.92 Å². The fourth-order valence-corrected chi connectivity index (χ4v) is 1.34. The number of amides is 1. The van der Waals surface area contributed by atoms with Crippen LogP contribution < -0.4 is 5.69 Å². The standard InChI is InChI=1S/C9H11N5O2/c1-3-13(2)9(16)14-6-4-10-5-11-7(6)12-8(14)15/h4-5H,3H2,1-2H3,(H,10,11,12,15). The summed E-state index contributed by atoms with van der Waals surface area (Å²) in [5.74, 6) is 0. The molecule has 2 aromatic rings. The summed E-state index contributed by atoms with van der Waals surface area (Å²) in [7, 11) is 1.62. The second-order valence-corrected chi connectivity index (χ2v) is 3.32. The van der Waals surface area contributed by atoms with Gasteiger partial charge in [-0.25, -0.2) is 24.1 Å². The third kappa shape index (κ3) is 1.46. The van der Waals surface area contributed by atoms with Gasteiger partial charge in [0.2, 0.25) is 0 Å². The molecule has 1 amide bonds. The number of rotatable bonds is 1. The Balaban J connectivity index is 2.64. The maximum Gasteiger partial charge on any atom is 0.336 e. The Morgan fingerprint density at radius 2 is 2.38 bits per heavy atom. The van der Waals surface area contributed by atoms with E-state index in [1.807, 2.05) is 6.92 Å². The molecular formula is C9H11N5O2. The van der Waals surface area contributed by atoms with E-state index in [9.17, 15) is 9.59 Å². The van der Waals surface area contributed by atoms with Gasteiger partial charge in [-0.1, -0.05) is 0 Å². The number of H-pyrrole nitrogens is 1. The van der Waals surface area contributed by atoms with Crippen LogP contribution in [-0.2, 0) is 0 Å². The van der Waals surface area contributed by atoms with Crippen LogP contribution in [0.25, 0.3) is 11.2 Å². The molecular weight excluding hydrogens is 210 g/mol. The Morgan fingerprint density at radius 1 is 1.62 bits per heavy atom. The van der Waals surface area contributed by atoms with E-state index in [0.29, 0.717) is 17.7 Å². The van der Waals surface area contributed by atoms with Gasteiger partial charge in [-0.15, -0.1) is 0 Å². The van der Waals surface area contributed by atoms with E-state index in [-0.39, 0.29) is 0 Å². The Bertz CT molecular complexity index is 585. The summed E-state index contributed by atoms with van der Waals surface area (Å²) >= 11 is 0. The molecule has 2 aromatic heterocycles. The quantitative estimate of drug-likeness (QED) is 0.736. The van der Waals surface area contributed by atoms with E-state index in [2.05, 4.69) is 15.0 Å². The summed E-state index contributed by atoms with van der Waals surface area (Å²) in [6.45, 7) is 2.35. The van der Waals surface area contributed by atoms with Crippen LogP contribution in [0.4, 0.5) is 4.79 Å². The Kier molecular flexibility index (Phi) is 2.43. The number of hydrogen-bond acceptors (Lipinski definition) is 4. The number of nitrogens with zero attached hydrogens (tertiary/aromatic N) is 4. The first-order valence-electron chi connectivity index (χ1n) is 4.81. The van der Waals surface area contributed by atoms with Crippen LogP contribution in [-0.4, -0.2) is 44.0 Å². The van der Waals surface area contributed by atoms with Crippen LogP contribution in [0, 0.1) is 0 Å². The van der Waals surface area contributed by atoms with Crippen molar-refractivity contribution >= 4 is 17.2 Å². The molecule has 0 bridgehead atoms. The molecule has 0 unspecified atom stereocenters. The summed E-state index contributed by atoms with van der Waals surface area (Å²) in [4.78, 5) is 35.1. The molecule has 16 heavy (non-hydrogen) atoms. The Hall–Kier alpha value is -2.18. The third-order valence-corrected chi connectivity index (χ3v) is 2.35. The molecule has 0 saturated heterocycles. The largest absolute Gasteiger partial charge is 0.336 e. The number of aromatic nitrogens is 4. The molecule has 2 heterocycles. The molecule has 7 heteroatoms. The molecule has 0 aliphatic rings. The molecule has 0 aromatic carbocycles. The van der Waals surface area contributed by atoms with Gasteiger partial charge in [0.15, 0.2) is 5.65 Å². The van der Waals surface area contributed by atoms with Crippen molar-refractivity contribution in [2.24, 2.45) is 0 Å². The lowest BCUT2D eigenvalue weighted by molar-refractivity contribution is 0.213. The highest BCUT2D eigenvalue weighted by molar-refractivity contribution is 5.86. The number of nitrogens with one attached hydrogen (secondary N) is 1. The van der Waals surface area contributed by atoms with Crippen LogP contribution in [0.3, 0.4) is 0 Å². The van der Waals surface area contributed by atoms with Crippen molar-refractivity contribution < 1.29 is 4.79 Å². The van der Waals surface area contributed by atoms with Crippen LogP contribution in [0.2, 0.25) is 0 Å². The summed E-state index contributed by atoms with van der Waals surface area (Å²) in [6.07, 6.45) is 2.75. The van der Waals surface area contributed by atoms with Crippen LogP contribution in [0.1, 0.15) is 6.92 Å². The number of carbonyl (C=O) groups is 1. The topological polar surface area (TPSA) is 83.9 Å². The minimum Gasteiger partial charge on any atom is -0.327 e. The van der Waals surface area contributed by atoms with Gasteiger partial charge in [-0.3, -0.25) is 4.98 Å². The van der Waals surface area contributed by atoms with E-state index >= 15 is 0 Å². The van der Waals surface area contributed by atoms with Gasteiger partial charge >= 0.3 is 11.7 Å². The SMILES string of the molecule is CCN(C)C(=O)n1c(=O)[nH]c2ncncc21. The highest BCUT2D eigenvalue weighted by Crippen LogP contribution is 2.05. The normalized spacial score (nSPS) is 10.6. The molecule has 0 saturated carbocycles. The average Bonchev–Trinajstić information content (AvgIpc) is 2.63. The predicted molar refractivity (Wildman–Crippen MR) is 57.2 cm³/mol. The zero-order chi connectivity index (χ0) is 11.7. The summed E-state index contributed by atoms with van der Waals surface area (Å²) < 4.78 is 1.03. The fraction of sp³-hybridized carbons (Fsp3) is 0.333. The van der Waals surface area contributed by atoms with E-state index < -0.39 is 11.7 Å². The lowest BCUT2D eigenvalue weighted by atomic mass is 10.5. The first-order valence-corrected chi connectivity index (χ1v) is 4.81. The molecule has 84 valence electrons. The number of hydrogen-bond donors (Lipinski definition) is 1. The molecule has 0 spiro atoms. The lowest BCUT2D eigenvalue weighted by Crippen LogP contribution is -2.36. The summed E-state index contributed by atoms with van der Waals surface area (Å²) in [5, 5.41) is 0. The van der Waals surface area contributed by atoms with Crippen molar-refractivity contribution in [3.8, 4) is 0 Å². The minimum absolute atomic E-state index is 0.359. The molecule has 0 atom stereocenters. The van der Waals surface area contributed by atoms with Gasteiger partial charge in [-0.05, 0) is 6.92 Å². The van der Waals surface area contributed by atoms with Gasteiger partial charge in [0.1, 0.15) is 11.8 Å². The van der Waals surface area contributed by atoms with Crippen LogP contribution in [0.5, 0.6) is 0 Å². The first kappa shape index (κ1) is 10.3. The van der Waals surface area contributed by atoms with E-state index in [1.54, 1.807) is 7.05 Å². The van der Waals surface area contributed by atoms with Crippen molar-refractivity contribution in [3.05, 3.63) is 23.0 Å². The Morgan fingerprint density at radius 3 is 3.06 bits per heavy atom. The molecule has 0 aliphatic heterocycles. The second-order valence-electron chi connectivity index (χ2n) is 3.32. The van der Waals surface area contributed by atoms with Gasteiger partial charge in [0.25, 0.3) is 0 Å². The van der Waals surface area contributed by atoms with Crippen molar-refractivity contribution in [3.63, 3.8) is 0 Å². The van der Waals surface area contributed by atoms with Gasteiger partial charge in [0, 0.05) is 13.6 Å². The third-order valence-electron chi connectivity index (χ3n) is 2.35. The molecule has 0 aliphatic carbocycles. The minimum atomic E-state index is -0.499. The average molecular weight is 221 g/mol. The van der Waals surface area contributed by atoms with Crippen molar-refractivity contribution in [1.82, 2.24) is 24.4 Å². The van der Waals surface area contributed by atoms with Gasteiger partial charge in [0.05, 0.1) is 6.20 Å². The maximum atomic E-state index is 11.9. The number of fused-ring (bicyclic) bond motifs is 1. The highest BCUT2D eigenvalue weighted by Gasteiger charge is 2.16. The molecule has 1 N–H and O–H groups in total. The first-order chi connectivity index (χ1) is 7.65. The van der Waals surface area contributed by atoms with Gasteiger partial charge < -0.3 is 4.90 Å².